The molecule has 17 heavy (non-hydrogen) atoms. The minimum Gasteiger partial charge on any atom is -0.382 e. The summed E-state index contributed by atoms with van der Waals surface area (Å²) in [4.78, 5) is 0. The molecule has 0 saturated heterocycles. The van der Waals surface area contributed by atoms with Gasteiger partial charge in [0, 0.05) is 23.8 Å². The molecule has 0 amide bonds. The van der Waals surface area contributed by atoms with Crippen molar-refractivity contribution in [2.75, 3.05) is 25.6 Å². The van der Waals surface area contributed by atoms with Gasteiger partial charge in [-0.1, -0.05) is 18.5 Å². The van der Waals surface area contributed by atoms with Crippen molar-refractivity contribution in [3.8, 4) is 0 Å². The fourth-order valence-corrected chi connectivity index (χ4v) is 2.06. The van der Waals surface area contributed by atoms with E-state index in [-0.39, 0.29) is 5.54 Å². The molecule has 0 heterocycles. The summed E-state index contributed by atoms with van der Waals surface area (Å²) < 4.78 is 6.11. The molecule has 1 aromatic carbocycles. The summed E-state index contributed by atoms with van der Waals surface area (Å²) in [6.45, 7) is 3.15. The van der Waals surface area contributed by atoms with Crippen LogP contribution < -0.4 is 11.1 Å². The highest BCUT2D eigenvalue weighted by molar-refractivity contribution is 9.10. The van der Waals surface area contributed by atoms with Crippen LogP contribution in [-0.2, 0) is 4.74 Å². The van der Waals surface area contributed by atoms with Gasteiger partial charge in [0.25, 0.3) is 0 Å². The normalized spacial score (nSPS) is 14.4. The Morgan fingerprint density at radius 2 is 2.24 bits per heavy atom. The predicted molar refractivity (Wildman–Crippen MR) is 76.7 cm³/mol. The first kappa shape index (κ1) is 14.8. The van der Waals surface area contributed by atoms with Crippen LogP contribution in [0, 0.1) is 0 Å². The number of methoxy groups -OCH3 is 1. The summed E-state index contributed by atoms with van der Waals surface area (Å²) in [5.41, 5.74) is 6.54. The van der Waals surface area contributed by atoms with E-state index in [9.17, 15) is 0 Å². The quantitative estimate of drug-likeness (QED) is 0.845. The van der Waals surface area contributed by atoms with E-state index in [0.29, 0.717) is 18.2 Å². The van der Waals surface area contributed by atoms with Crippen molar-refractivity contribution in [2.24, 2.45) is 5.73 Å². The fraction of sp³-hybridized carbons (Fsp3) is 0.500. The van der Waals surface area contributed by atoms with E-state index in [2.05, 4.69) is 28.2 Å². The summed E-state index contributed by atoms with van der Waals surface area (Å²) in [5.74, 6) is 0. The van der Waals surface area contributed by atoms with Crippen LogP contribution in [0.2, 0.25) is 5.02 Å². The first-order valence-corrected chi connectivity index (χ1v) is 6.66. The maximum Gasteiger partial charge on any atom is 0.0725 e. The average Bonchev–Trinajstić information content (AvgIpc) is 2.33. The zero-order chi connectivity index (χ0) is 12.9. The maximum absolute atomic E-state index is 6.06. The van der Waals surface area contributed by atoms with E-state index in [0.717, 1.165) is 16.6 Å². The number of hydrogen-bond donors (Lipinski definition) is 2. The molecule has 1 unspecified atom stereocenters. The number of ether oxygens (including phenoxy) is 1. The Labute approximate surface area is 116 Å². The van der Waals surface area contributed by atoms with Gasteiger partial charge in [-0.2, -0.15) is 0 Å². The Morgan fingerprint density at radius 3 is 2.71 bits per heavy atom. The average molecular weight is 322 g/mol. The molecule has 5 heteroatoms. The Kier molecular flexibility index (Phi) is 5.73. The minimum atomic E-state index is -0.244. The maximum atomic E-state index is 6.06. The second-order valence-electron chi connectivity index (χ2n) is 4.02. The van der Waals surface area contributed by atoms with Gasteiger partial charge >= 0.3 is 0 Å². The molecule has 0 aliphatic heterocycles. The highest BCUT2D eigenvalue weighted by atomic mass is 79.9. The van der Waals surface area contributed by atoms with Crippen LogP contribution in [-0.4, -0.2) is 25.8 Å². The number of nitrogens with two attached hydrogens (primary N) is 1. The zero-order valence-electron chi connectivity index (χ0n) is 10.1. The van der Waals surface area contributed by atoms with Gasteiger partial charge in [-0.05, 0) is 40.5 Å². The smallest absolute Gasteiger partial charge is 0.0725 e. The Hall–Kier alpha value is -0.290. The Balaban J connectivity index is 2.89. The predicted octanol–water partition coefficient (Wildman–Crippen LogP) is 3.27. The molecule has 1 aromatic rings. The molecule has 0 aromatic heterocycles. The molecule has 0 spiro atoms. The van der Waals surface area contributed by atoms with Crippen LogP contribution in [0.4, 0.5) is 5.69 Å². The topological polar surface area (TPSA) is 47.3 Å². The Morgan fingerprint density at radius 1 is 1.53 bits per heavy atom. The van der Waals surface area contributed by atoms with Crippen LogP contribution >= 0.6 is 27.5 Å². The standard InChI is InChI=1S/C12H18BrClN2O/c1-3-12(7-15,8-17-2)16-9-4-5-10(13)11(14)6-9/h4-6,16H,3,7-8,15H2,1-2H3. The summed E-state index contributed by atoms with van der Waals surface area (Å²) >= 11 is 9.42. The number of halogens is 2. The summed E-state index contributed by atoms with van der Waals surface area (Å²) in [6, 6.07) is 5.75. The number of hydrogen-bond acceptors (Lipinski definition) is 3. The van der Waals surface area contributed by atoms with Crippen molar-refractivity contribution in [3.63, 3.8) is 0 Å². The number of rotatable bonds is 6. The lowest BCUT2D eigenvalue weighted by atomic mass is 9.97. The second-order valence-corrected chi connectivity index (χ2v) is 5.29. The molecule has 0 aliphatic carbocycles. The highest BCUT2D eigenvalue weighted by Crippen LogP contribution is 2.27. The van der Waals surface area contributed by atoms with Gasteiger partial charge < -0.3 is 15.8 Å². The third-order valence-corrected chi connectivity index (χ3v) is 4.05. The van der Waals surface area contributed by atoms with Gasteiger partial charge in [0.1, 0.15) is 0 Å². The van der Waals surface area contributed by atoms with Crippen LogP contribution in [0.15, 0.2) is 22.7 Å². The number of nitrogens with one attached hydrogen (secondary N) is 1. The lowest BCUT2D eigenvalue weighted by molar-refractivity contribution is 0.143. The second kappa shape index (κ2) is 6.59. The molecule has 0 fully saturated rings. The summed E-state index contributed by atoms with van der Waals surface area (Å²) in [6.07, 6.45) is 0.880. The van der Waals surface area contributed by atoms with Gasteiger partial charge in [-0.15, -0.1) is 0 Å². The van der Waals surface area contributed by atoms with E-state index >= 15 is 0 Å². The third-order valence-electron chi connectivity index (χ3n) is 2.82. The van der Waals surface area contributed by atoms with Gasteiger partial charge in [0.05, 0.1) is 17.2 Å². The molecule has 0 saturated carbocycles. The number of anilines is 1. The van der Waals surface area contributed by atoms with Crippen LogP contribution in [0.3, 0.4) is 0 Å². The summed E-state index contributed by atoms with van der Waals surface area (Å²) in [7, 11) is 1.68. The van der Waals surface area contributed by atoms with Gasteiger partial charge in [-0.25, -0.2) is 0 Å². The lowest BCUT2D eigenvalue weighted by Crippen LogP contribution is -2.48. The van der Waals surface area contributed by atoms with E-state index < -0.39 is 0 Å². The molecule has 1 atom stereocenters. The van der Waals surface area contributed by atoms with E-state index in [1.165, 1.54) is 0 Å². The first-order valence-electron chi connectivity index (χ1n) is 5.49. The molecular weight excluding hydrogens is 304 g/mol. The third kappa shape index (κ3) is 3.85. The molecule has 3 nitrogen and oxygen atoms in total. The SMILES string of the molecule is CCC(CN)(COC)Nc1ccc(Br)c(Cl)c1. The van der Waals surface area contributed by atoms with E-state index in [1.54, 1.807) is 7.11 Å². The van der Waals surface area contributed by atoms with Gasteiger partial charge in [-0.3, -0.25) is 0 Å². The first-order chi connectivity index (χ1) is 8.06. The molecule has 3 N–H and O–H groups in total. The highest BCUT2D eigenvalue weighted by Gasteiger charge is 2.26. The lowest BCUT2D eigenvalue weighted by Gasteiger charge is -2.33. The van der Waals surface area contributed by atoms with Crippen molar-refractivity contribution < 1.29 is 4.74 Å². The number of benzene rings is 1. The largest absolute Gasteiger partial charge is 0.382 e. The fourth-order valence-electron chi connectivity index (χ4n) is 1.64. The molecule has 1 rings (SSSR count). The van der Waals surface area contributed by atoms with Crippen LogP contribution in [0.5, 0.6) is 0 Å². The van der Waals surface area contributed by atoms with Crippen molar-refractivity contribution in [3.05, 3.63) is 27.7 Å². The molecule has 96 valence electrons. The Bertz CT molecular complexity index is 370. The molecular formula is C12H18BrClN2O. The van der Waals surface area contributed by atoms with Crippen molar-refractivity contribution in [1.82, 2.24) is 0 Å². The van der Waals surface area contributed by atoms with Crippen molar-refractivity contribution >= 4 is 33.2 Å². The van der Waals surface area contributed by atoms with Gasteiger partial charge in [0.15, 0.2) is 0 Å². The van der Waals surface area contributed by atoms with Crippen LogP contribution in [0.1, 0.15) is 13.3 Å². The van der Waals surface area contributed by atoms with Crippen molar-refractivity contribution in [2.45, 2.75) is 18.9 Å². The van der Waals surface area contributed by atoms with Crippen LogP contribution in [0.25, 0.3) is 0 Å². The summed E-state index contributed by atoms with van der Waals surface area (Å²) in [5, 5.41) is 4.08. The molecule has 0 bridgehead atoms. The minimum absolute atomic E-state index is 0.244. The van der Waals surface area contributed by atoms with Gasteiger partial charge in [0.2, 0.25) is 0 Å². The zero-order valence-corrected chi connectivity index (χ0v) is 12.4. The van der Waals surface area contributed by atoms with E-state index in [1.807, 2.05) is 18.2 Å². The molecule has 0 radical (unpaired) electrons. The van der Waals surface area contributed by atoms with Crippen molar-refractivity contribution in [1.29, 1.82) is 0 Å². The van der Waals surface area contributed by atoms with E-state index in [4.69, 9.17) is 22.1 Å². The molecule has 0 aliphatic rings. The monoisotopic (exact) mass is 320 g/mol.